The summed E-state index contributed by atoms with van der Waals surface area (Å²) in [7, 11) is 0. The molecular weight excluding hydrogens is 192 g/mol. The second-order valence-corrected chi connectivity index (χ2v) is 2.98. The zero-order chi connectivity index (χ0) is 11.7. The van der Waals surface area contributed by atoms with E-state index in [9.17, 15) is 9.59 Å². The van der Waals surface area contributed by atoms with Gasteiger partial charge in [-0.05, 0) is 32.4 Å². The number of aldehydes is 1. The molecule has 0 heterocycles. The smallest absolute Gasteiger partial charge is 0.333 e. The van der Waals surface area contributed by atoms with E-state index in [1.54, 1.807) is 39.0 Å². The molecule has 0 aliphatic carbocycles. The van der Waals surface area contributed by atoms with Gasteiger partial charge in [-0.1, -0.05) is 18.2 Å². The van der Waals surface area contributed by atoms with Crippen LogP contribution >= 0.6 is 0 Å². The number of esters is 1. The molecule has 0 aromatic heterocycles. The maximum Gasteiger partial charge on any atom is 0.333 e. The Morgan fingerprint density at radius 2 is 1.93 bits per heavy atom. The van der Waals surface area contributed by atoms with Gasteiger partial charge >= 0.3 is 5.97 Å². The van der Waals surface area contributed by atoms with Crippen molar-refractivity contribution in [1.82, 2.24) is 0 Å². The molecule has 3 heteroatoms. The van der Waals surface area contributed by atoms with Crippen molar-refractivity contribution in [1.29, 1.82) is 0 Å². The van der Waals surface area contributed by atoms with E-state index in [0.717, 1.165) is 11.9 Å². The summed E-state index contributed by atoms with van der Waals surface area (Å²) in [5, 5.41) is 0. The first-order chi connectivity index (χ1) is 7.11. The number of allylic oxidation sites excluding steroid dienone is 5. The zero-order valence-electron chi connectivity index (χ0n) is 9.32. The third kappa shape index (κ3) is 6.43. The molecule has 0 saturated carbocycles. The molecule has 0 amide bonds. The Balaban J connectivity index is 4.33. The Labute approximate surface area is 90.1 Å². The van der Waals surface area contributed by atoms with Crippen LogP contribution in [0.3, 0.4) is 0 Å². The molecule has 15 heavy (non-hydrogen) atoms. The highest BCUT2D eigenvalue weighted by atomic mass is 16.5. The van der Waals surface area contributed by atoms with Crippen molar-refractivity contribution in [2.24, 2.45) is 0 Å². The second kappa shape index (κ2) is 7.74. The van der Waals surface area contributed by atoms with Gasteiger partial charge in [0.15, 0.2) is 0 Å². The first-order valence-electron chi connectivity index (χ1n) is 4.76. The van der Waals surface area contributed by atoms with Gasteiger partial charge in [-0.3, -0.25) is 4.79 Å². The average molecular weight is 208 g/mol. The molecule has 0 saturated heterocycles. The number of ether oxygens (including phenoxy) is 1. The predicted molar refractivity (Wildman–Crippen MR) is 59.4 cm³/mol. The quantitative estimate of drug-likeness (QED) is 0.301. The van der Waals surface area contributed by atoms with Crippen LogP contribution in [0.25, 0.3) is 0 Å². The number of rotatable bonds is 5. The first kappa shape index (κ1) is 13.4. The molecule has 0 aromatic carbocycles. The molecule has 0 atom stereocenters. The van der Waals surface area contributed by atoms with Gasteiger partial charge < -0.3 is 4.74 Å². The fourth-order valence-electron chi connectivity index (χ4n) is 0.820. The van der Waals surface area contributed by atoms with Crippen molar-refractivity contribution in [3.8, 4) is 0 Å². The van der Waals surface area contributed by atoms with Gasteiger partial charge in [0.05, 0.1) is 6.61 Å². The van der Waals surface area contributed by atoms with Crippen molar-refractivity contribution in [3.63, 3.8) is 0 Å². The monoisotopic (exact) mass is 208 g/mol. The van der Waals surface area contributed by atoms with E-state index in [-0.39, 0.29) is 5.97 Å². The number of hydrogen-bond donors (Lipinski definition) is 0. The molecule has 0 aliphatic rings. The molecular formula is C12H16O3. The highest BCUT2D eigenvalue weighted by molar-refractivity contribution is 5.88. The SMILES string of the molecule is CCOC(=O)C(C)=CC=CC(C)=CC=O. The average Bonchev–Trinajstić information content (AvgIpc) is 2.18. The van der Waals surface area contributed by atoms with Crippen molar-refractivity contribution in [2.45, 2.75) is 20.8 Å². The van der Waals surface area contributed by atoms with E-state index in [0.29, 0.717) is 12.2 Å². The standard InChI is InChI=1S/C12H16O3/c1-4-15-12(14)11(3)7-5-6-10(2)8-9-13/h5-9H,4H2,1-3H3. The number of hydrogen-bond acceptors (Lipinski definition) is 3. The third-order valence-electron chi connectivity index (χ3n) is 1.63. The molecule has 0 aromatic rings. The molecule has 0 aliphatic heterocycles. The molecule has 0 spiro atoms. The van der Waals surface area contributed by atoms with E-state index < -0.39 is 0 Å². The van der Waals surface area contributed by atoms with Crippen LogP contribution in [0.4, 0.5) is 0 Å². The Kier molecular flexibility index (Phi) is 6.89. The van der Waals surface area contributed by atoms with Crippen molar-refractivity contribution in [3.05, 3.63) is 35.5 Å². The van der Waals surface area contributed by atoms with E-state index in [2.05, 4.69) is 0 Å². The van der Waals surface area contributed by atoms with Gasteiger partial charge in [0.2, 0.25) is 0 Å². The Bertz CT molecular complexity index is 309. The first-order valence-corrected chi connectivity index (χ1v) is 4.76. The van der Waals surface area contributed by atoms with Gasteiger partial charge in [0.1, 0.15) is 6.29 Å². The lowest BCUT2D eigenvalue weighted by Crippen LogP contribution is -2.04. The minimum Gasteiger partial charge on any atom is -0.463 e. The van der Waals surface area contributed by atoms with Crippen LogP contribution in [-0.4, -0.2) is 18.9 Å². The van der Waals surface area contributed by atoms with Crippen LogP contribution in [0, 0.1) is 0 Å². The Morgan fingerprint density at radius 1 is 1.27 bits per heavy atom. The van der Waals surface area contributed by atoms with E-state index in [4.69, 9.17) is 4.74 Å². The molecule has 0 rings (SSSR count). The summed E-state index contributed by atoms with van der Waals surface area (Å²) in [4.78, 5) is 21.3. The molecule has 0 N–H and O–H groups in total. The van der Waals surface area contributed by atoms with Crippen LogP contribution in [0.2, 0.25) is 0 Å². The van der Waals surface area contributed by atoms with Crippen molar-refractivity contribution < 1.29 is 14.3 Å². The lowest BCUT2D eigenvalue weighted by atomic mass is 10.2. The van der Waals surface area contributed by atoms with E-state index in [1.165, 1.54) is 6.08 Å². The molecule has 0 radical (unpaired) electrons. The topological polar surface area (TPSA) is 43.4 Å². The van der Waals surface area contributed by atoms with Gasteiger partial charge in [-0.2, -0.15) is 0 Å². The van der Waals surface area contributed by atoms with Crippen LogP contribution < -0.4 is 0 Å². The Morgan fingerprint density at radius 3 is 2.47 bits per heavy atom. The fraction of sp³-hybridized carbons (Fsp3) is 0.333. The summed E-state index contributed by atoms with van der Waals surface area (Å²) in [6.07, 6.45) is 7.28. The predicted octanol–water partition coefficient (Wildman–Crippen LogP) is 2.20. The van der Waals surface area contributed by atoms with Gasteiger partial charge in [0, 0.05) is 5.57 Å². The summed E-state index contributed by atoms with van der Waals surface area (Å²) in [5.41, 5.74) is 1.37. The summed E-state index contributed by atoms with van der Waals surface area (Å²) in [6, 6.07) is 0. The molecule has 0 unspecified atom stereocenters. The number of carbonyl (C=O) groups is 2. The summed E-state index contributed by atoms with van der Waals surface area (Å²) >= 11 is 0. The molecule has 3 nitrogen and oxygen atoms in total. The van der Waals surface area contributed by atoms with Crippen LogP contribution in [0.15, 0.2) is 35.5 Å². The van der Waals surface area contributed by atoms with Crippen LogP contribution in [-0.2, 0) is 14.3 Å². The summed E-state index contributed by atoms with van der Waals surface area (Å²) < 4.78 is 4.80. The van der Waals surface area contributed by atoms with Crippen LogP contribution in [0.5, 0.6) is 0 Å². The summed E-state index contributed by atoms with van der Waals surface area (Å²) in [6.45, 7) is 5.62. The molecule has 0 bridgehead atoms. The van der Waals surface area contributed by atoms with E-state index >= 15 is 0 Å². The lowest BCUT2D eigenvalue weighted by Gasteiger charge is -1.99. The lowest BCUT2D eigenvalue weighted by molar-refractivity contribution is -0.138. The zero-order valence-corrected chi connectivity index (χ0v) is 9.32. The van der Waals surface area contributed by atoms with Crippen molar-refractivity contribution in [2.75, 3.05) is 6.61 Å². The maximum atomic E-state index is 11.1. The largest absolute Gasteiger partial charge is 0.463 e. The molecule has 82 valence electrons. The van der Waals surface area contributed by atoms with Crippen molar-refractivity contribution >= 4 is 12.3 Å². The van der Waals surface area contributed by atoms with Crippen LogP contribution in [0.1, 0.15) is 20.8 Å². The minimum atomic E-state index is -0.320. The fourth-order valence-corrected chi connectivity index (χ4v) is 0.820. The number of carbonyl (C=O) groups excluding carboxylic acids is 2. The second-order valence-electron chi connectivity index (χ2n) is 2.98. The maximum absolute atomic E-state index is 11.1. The highest BCUT2D eigenvalue weighted by Crippen LogP contribution is 1.99. The summed E-state index contributed by atoms with van der Waals surface area (Å²) in [5.74, 6) is -0.320. The third-order valence-corrected chi connectivity index (χ3v) is 1.63. The van der Waals surface area contributed by atoms with Gasteiger partial charge in [-0.25, -0.2) is 4.79 Å². The Hall–Kier alpha value is -1.64. The molecule has 0 fully saturated rings. The van der Waals surface area contributed by atoms with Gasteiger partial charge in [0.25, 0.3) is 0 Å². The normalized spacial score (nSPS) is 13.0. The van der Waals surface area contributed by atoms with Gasteiger partial charge in [-0.15, -0.1) is 0 Å². The minimum absolute atomic E-state index is 0.320. The highest BCUT2D eigenvalue weighted by Gasteiger charge is 2.01. The van der Waals surface area contributed by atoms with E-state index in [1.807, 2.05) is 0 Å².